The quantitative estimate of drug-likeness (QED) is 0.678. The van der Waals surface area contributed by atoms with Crippen LogP contribution >= 0.6 is 0 Å². The van der Waals surface area contributed by atoms with Crippen molar-refractivity contribution in [3.63, 3.8) is 0 Å². The van der Waals surface area contributed by atoms with E-state index in [0.717, 1.165) is 0 Å². The van der Waals surface area contributed by atoms with Gasteiger partial charge in [0.2, 0.25) is 11.4 Å². The number of amides is 4. The Balaban J connectivity index is 2.89. The molecule has 0 aromatic heterocycles. The predicted molar refractivity (Wildman–Crippen MR) is 48.5 cm³/mol. The minimum atomic E-state index is -4.90. The average molecular weight is 253 g/mol. The molecule has 0 bridgehead atoms. The van der Waals surface area contributed by atoms with E-state index in [1.807, 2.05) is 0 Å². The van der Waals surface area contributed by atoms with Gasteiger partial charge in [-0.15, -0.1) is 0 Å². The smallest absolute Gasteiger partial charge is 0.370 e. The molecule has 0 aromatic carbocycles. The average Bonchev–Trinajstić information content (AvgIpc) is 2.35. The maximum atomic E-state index is 12.6. The zero-order valence-electron chi connectivity index (χ0n) is 8.80. The number of urea groups is 1. The van der Waals surface area contributed by atoms with E-state index in [9.17, 15) is 27.6 Å². The highest BCUT2D eigenvalue weighted by Crippen LogP contribution is 2.35. The number of rotatable bonds is 3. The second kappa shape index (κ2) is 3.90. The molecule has 4 amide bonds. The summed E-state index contributed by atoms with van der Waals surface area (Å²) >= 11 is 0. The molecule has 3 N–H and O–H groups in total. The van der Waals surface area contributed by atoms with Crippen LogP contribution in [0.3, 0.4) is 0 Å². The van der Waals surface area contributed by atoms with Crippen LogP contribution in [0.25, 0.3) is 0 Å². The summed E-state index contributed by atoms with van der Waals surface area (Å²) in [6.45, 7) is 0.100. The van der Waals surface area contributed by atoms with Crippen molar-refractivity contribution in [2.45, 2.75) is 25.1 Å². The second-order valence-electron chi connectivity index (χ2n) is 3.73. The van der Waals surface area contributed by atoms with Crippen molar-refractivity contribution in [2.24, 2.45) is 5.73 Å². The SMILES string of the molecule is CC1(C(F)(F)F)NC(=O)N(CCC(N)=O)C1=O. The number of carbonyl (C=O) groups excluding carboxylic acids is 3. The first-order chi connectivity index (χ1) is 7.59. The number of nitrogens with two attached hydrogens (primary N) is 1. The summed E-state index contributed by atoms with van der Waals surface area (Å²) in [5, 5.41) is 1.55. The lowest BCUT2D eigenvalue weighted by Crippen LogP contribution is -2.56. The molecule has 0 saturated carbocycles. The first kappa shape index (κ1) is 13.3. The van der Waals surface area contributed by atoms with E-state index < -0.39 is 36.1 Å². The lowest BCUT2D eigenvalue weighted by molar-refractivity contribution is -0.191. The molecule has 9 heteroatoms. The minimum Gasteiger partial charge on any atom is -0.370 e. The number of primary amides is 1. The molecule has 1 fully saturated rings. The van der Waals surface area contributed by atoms with Crippen molar-refractivity contribution in [2.75, 3.05) is 6.54 Å². The van der Waals surface area contributed by atoms with Crippen LogP contribution < -0.4 is 11.1 Å². The fourth-order valence-corrected chi connectivity index (χ4v) is 1.31. The number of nitrogens with one attached hydrogen (secondary N) is 1. The van der Waals surface area contributed by atoms with Gasteiger partial charge in [-0.1, -0.05) is 0 Å². The summed E-state index contributed by atoms with van der Waals surface area (Å²) in [6, 6.07) is -1.18. The monoisotopic (exact) mass is 253 g/mol. The van der Waals surface area contributed by atoms with Crippen LogP contribution in [-0.4, -0.2) is 41.0 Å². The van der Waals surface area contributed by atoms with Gasteiger partial charge in [-0.25, -0.2) is 4.79 Å². The Morgan fingerprint density at radius 3 is 2.35 bits per heavy atom. The Morgan fingerprint density at radius 2 is 2.00 bits per heavy atom. The van der Waals surface area contributed by atoms with Crippen LogP contribution in [-0.2, 0) is 9.59 Å². The van der Waals surface area contributed by atoms with Crippen LogP contribution in [0.5, 0.6) is 0 Å². The molecule has 96 valence electrons. The maximum absolute atomic E-state index is 12.6. The number of nitrogens with zero attached hydrogens (tertiary/aromatic N) is 1. The van der Waals surface area contributed by atoms with E-state index in [2.05, 4.69) is 0 Å². The van der Waals surface area contributed by atoms with Gasteiger partial charge in [0.25, 0.3) is 5.91 Å². The molecular weight excluding hydrogens is 243 g/mol. The molecule has 0 spiro atoms. The highest BCUT2D eigenvalue weighted by Gasteiger charge is 2.64. The van der Waals surface area contributed by atoms with E-state index in [1.54, 1.807) is 5.32 Å². The summed E-state index contributed by atoms with van der Waals surface area (Å²) in [6.07, 6.45) is -5.28. The van der Waals surface area contributed by atoms with E-state index in [4.69, 9.17) is 5.73 Å². The van der Waals surface area contributed by atoms with Crippen LogP contribution in [0, 0.1) is 0 Å². The minimum absolute atomic E-state index is 0.332. The molecule has 1 aliphatic rings. The normalized spacial score (nSPS) is 25.1. The molecular formula is C8H10F3N3O3. The third kappa shape index (κ3) is 2.17. The second-order valence-corrected chi connectivity index (χ2v) is 3.73. The summed E-state index contributed by atoms with van der Waals surface area (Å²) in [7, 11) is 0. The predicted octanol–water partition coefficient (Wildman–Crippen LogP) is -0.265. The number of hydrogen-bond donors (Lipinski definition) is 2. The van der Waals surface area contributed by atoms with E-state index in [-0.39, 0.29) is 6.42 Å². The zero-order chi connectivity index (χ0) is 13.4. The van der Waals surface area contributed by atoms with Gasteiger partial charge in [0.05, 0.1) is 0 Å². The van der Waals surface area contributed by atoms with Gasteiger partial charge >= 0.3 is 12.2 Å². The topological polar surface area (TPSA) is 92.5 Å². The Morgan fingerprint density at radius 1 is 1.47 bits per heavy atom. The number of alkyl halides is 3. The fraction of sp³-hybridized carbons (Fsp3) is 0.625. The van der Waals surface area contributed by atoms with Gasteiger partial charge in [0, 0.05) is 13.0 Å². The summed E-state index contributed by atoms with van der Waals surface area (Å²) in [4.78, 5) is 33.5. The molecule has 0 aromatic rings. The van der Waals surface area contributed by atoms with Crippen molar-refractivity contribution in [1.82, 2.24) is 10.2 Å². The van der Waals surface area contributed by atoms with Gasteiger partial charge in [0.15, 0.2) is 0 Å². The first-order valence-electron chi connectivity index (χ1n) is 4.58. The molecule has 6 nitrogen and oxygen atoms in total. The van der Waals surface area contributed by atoms with Gasteiger partial charge in [-0.05, 0) is 6.92 Å². The summed E-state index contributed by atoms with van der Waals surface area (Å²) in [5.74, 6) is -2.25. The zero-order valence-corrected chi connectivity index (χ0v) is 8.80. The van der Waals surface area contributed by atoms with Crippen molar-refractivity contribution >= 4 is 17.8 Å². The standard InChI is InChI=1S/C8H10F3N3O3/c1-7(8(9,10)11)5(16)14(6(17)13-7)3-2-4(12)15/h2-3H2,1H3,(H2,12,15)(H,13,17). The molecule has 1 saturated heterocycles. The van der Waals surface area contributed by atoms with E-state index in [0.29, 0.717) is 11.8 Å². The van der Waals surface area contributed by atoms with Crippen molar-refractivity contribution in [1.29, 1.82) is 0 Å². The molecule has 1 aliphatic heterocycles. The van der Waals surface area contributed by atoms with Crippen LogP contribution in [0.1, 0.15) is 13.3 Å². The fourth-order valence-electron chi connectivity index (χ4n) is 1.31. The van der Waals surface area contributed by atoms with Gasteiger partial charge in [-0.2, -0.15) is 13.2 Å². The van der Waals surface area contributed by atoms with Crippen molar-refractivity contribution in [3.8, 4) is 0 Å². The first-order valence-corrected chi connectivity index (χ1v) is 4.58. The highest BCUT2D eigenvalue weighted by molar-refractivity contribution is 6.07. The third-order valence-corrected chi connectivity index (χ3v) is 2.42. The van der Waals surface area contributed by atoms with E-state index >= 15 is 0 Å². The third-order valence-electron chi connectivity index (χ3n) is 2.42. The number of hydrogen-bond acceptors (Lipinski definition) is 3. The van der Waals surface area contributed by atoms with Crippen molar-refractivity contribution < 1.29 is 27.6 Å². The van der Waals surface area contributed by atoms with Crippen LogP contribution in [0.15, 0.2) is 0 Å². The summed E-state index contributed by atoms with van der Waals surface area (Å²) in [5.41, 5.74) is 1.84. The molecule has 0 aliphatic carbocycles. The number of carbonyl (C=O) groups is 3. The van der Waals surface area contributed by atoms with Gasteiger partial charge < -0.3 is 11.1 Å². The molecule has 1 rings (SSSR count). The largest absolute Gasteiger partial charge is 0.420 e. The molecule has 1 unspecified atom stereocenters. The van der Waals surface area contributed by atoms with Crippen molar-refractivity contribution in [3.05, 3.63) is 0 Å². The molecule has 0 radical (unpaired) electrons. The highest BCUT2D eigenvalue weighted by atomic mass is 19.4. The molecule has 17 heavy (non-hydrogen) atoms. The van der Waals surface area contributed by atoms with E-state index in [1.165, 1.54) is 0 Å². The molecule has 1 heterocycles. The number of imide groups is 1. The maximum Gasteiger partial charge on any atom is 0.420 e. The molecule has 1 atom stereocenters. The Hall–Kier alpha value is -1.80. The Kier molecular flexibility index (Phi) is 3.04. The lowest BCUT2D eigenvalue weighted by atomic mass is 10.0. The van der Waals surface area contributed by atoms with Crippen LogP contribution in [0.4, 0.5) is 18.0 Å². The number of halogens is 3. The summed E-state index contributed by atoms with van der Waals surface area (Å²) < 4.78 is 37.8. The Labute approximate surface area is 93.9 Å². The lowest BCUT2D eigenvalue weighted by Gasteiger charge is -2.24. The van der Waals surface area contributed by atoms with Gasteiger partial charge in [-0.3, -0.25) is 14.5 Å². The van der Waals surface area contributed by atoms with Gasteiger partial charge in [0.1, 0.15) is 0 Å². The van der Waals surface area contributed by atoms with Crippen LogP contribution in [0.2, 0.25) is 0 Å². The Bertz CT molecular complexity index is 382.